The van der Waals surface area contributed by atoms with Crippen LogP contribution in [0.1, 0.15) is 89.6 Å². The lowest BCUT2D eigenvalue weighted by Gasteiger charge is -2.24. The monoisotopic (exact) mass is 681 g/mol. The van der Waals surface area contributed by atoms with Crippen molar-refractivity contribution in [2.75, 3.05) is 43.4 Å². The van der Waals surface area contributed by atoms with Gasteiger partial charge in [-0.3, -0.25) is 15.0 Å². The molecule has 2 aromatic heterocycles. The van der Waals surface area contributed by atoms with Crippen LogP contribution < -0.4 is 15.1 Å². The van der Waals surface area contributed by atoms with Crippen molar-refractivity contribution >= 4 is 23.0 Å². The first kappa shape index (κ1) is 37.0. The molecule has 3 atom stereocenters. The summed E-state index contributed by atoms with van der Waals surface area (Å²) in [5.74, 6) is 3.33. The molecule has 1 aliphatic heterocycles. The van der Waals surface area contributed by atoms with E-state index in [2.05, 4.69) is 89.9 Å². The molecule has 0 amide bonds. The second kappa shape index (κ2) is 18.7. The number of fused-ring (bicyclic) bond motifs is 1. The van der Waals surface area contributed by atoms with Gasteiger partial charge in [-0.1, -0.05) is 61.3 Å². The maximum absolute atomic E-state index is 13.5. The first-order valence-electron chi connectivity index (χ1n) is 18.7. The molecule has 0 saturated carbocycles. The van der Waals surface area contributed by atoms with Gasteiger partial charge in [-0.2, -0.15) is 0 Å². The van der Waals surface area contributed by atoms with E-state index in [1.165, 1.54) is 5.56 Å². The Hall–Kier alpha value is -4.24. The van der Waals surface area contributed by atoms with Crippen molar-refractivity contribution < 1.29 is 14.0 Å². The van der Waals surface area contributed by atoms with Crippen molar-refractivity contribution in [3.8, 4) is 0 Å². The molecule has 3 aliphatic rings. The minimum absolute atomic E-state index is 0.00251. The van der Waals surface area contributed by atoms with E-state index in [0.717, 1.165) is 104 Å². The standard InChI is InChI=1S/C41H57N6O3/c1-5-33-16-18-34(19-17-33)38-28-42-29-40(47(38)49)45-37(32(4)48)22-25-46(26-27-50-39-13-8-10-30(2)14-15-31(39)3)24-7-6-12-36-21-20-35-11-9-23-43-41(35)44-36/h8,10,13,15-16,18-21,28-30,33,37,45H,5-7,9,11-12,14,17,22-27H2,1-4H3,(H,42,49)(H,43,44)/q+1/b10-8-,31-15?,39-13?/t30?,33?,37-/m0/s1. The van der Waals surface area contributed by atoms with Crippen LogP contribution in [0.25, 0.3) is 5.57 Å². The highest BCUT2D eigenvalue weighted by atomic mass is 16.5. The number of ether oxygens (including phenoxy) is 1. The average Bonchev–Trinajstić information content (AvgIpc) is 3.12. The molecule has 2 aliphatic carbocycles. The van der Waals surface area contributed by atoms with E-state index >= 15 is 0 Å². The number of aryl methyl sites for hydroxylation is 2. The van der Waals surface area contributed by atoms with Crippen LogP contribution in [0.5, 0.6) is 0 Å². The van der Waals surface area contributed by atoms with Gasteiger partial charge in [0, 0.05) is 41.7 Å². The molecule has 0 radical (unpaired) electrons. The number of anilines is 2. The van der Waals surface area contributed by atoms with E-state index in [1.807, 2.05) is 6.08 Å². The van der Waals surface area contributed by atoms with Crippen LogP contribution in [0.3, 0.4) is 0 Å². The number of unbranched alkanes of at least 4 members (excludes halogenated alkanes) is 1. The van der Waals surface area contributed by atoms with E-state index in [4.69, 9.17) is 9.72 Å². The zero-order valence-corrected chi connectivity index (χ0v) is 30.5. The molecule has 3 heterocycles. The third-order valence-corrected chi connectivity index (χ3v) is 10.1. The van der Waals surface area contributed by atoms with Gasteiger partial charge >= 0.3 is 5.82 Å². The summed E-state index contributed by atoms with van der Waals surface area (Å²) in [6, 6.07) is 3.90. The molecule has 2 aromatic rings. The number of Topliss-reactive ketones (excluding diaryl/α,β-unsaturated/α-hetero) is 1. The summed E-state index contributed by atoms with van der Waals surface area (Å²) < 4.78 is 7.22. The smallest absolute Gasteiger partial charge is 0.336 e. The minimum atomic E-state index is -0.500. The highest BCUT2D eigenvalue weighted by Crippen LogP contribution is 2.24. The predicted octanol–water partition coefficient (Wildman–Crippen LogP) is 7.58. The molecule has 0 aromatic carbocycles. The Balaban J connectivity index is 1.21. The van der Waals surface area contributed by atoms with Crippen LogP contribution in [0.2, 0.25) is 0 Å². The van der Waals surface area contributed by atoms with Gasteiger partial charge in [0.25, 0.3) is 0 Å². The normalized spacial score (nSPS) is 20.0. The zero-order valence-electron chi connectivity index (χ0n) is 30.5. The van der Waals surface area contributed by atoms with Gasteiger partial charge < -0.3 is 15.0 Å². The quantitative estimate of drug-likeness (QED) is 0.117. The Morgan fingerprint density at radius 2 is 2.02 bits per heavy atom. The molecule has 50 heavy (non-hydrogen) atoms. The number of H-pyrrole nitrogens is 1. The number of hydrogen-bond acceptors (Lipinski definition) is 7. The number of rotatable bonds is 17. The molecule has 9 nitrogen and oxygen atoms in total. The molecule has 0 saturated heterocycles. The summed E-state index contributed by atoms with van der Waals surface area (Å²) in [5.41, 5.74) is 5.05. The predicted molar refractivity (Wildman–Crippen MR) is 204 cm³/mol. The summed E-state index contributed by atoms with van der Waals surface area (Å²) >= 11 is 0. The molecule has 0 bridgehead atoms. The van der Waals surface area contributed by atoms with E-state index < -0.39 is 6.04 Å². The van der Waals surface area contributed by atoms with Crippen LogP contribution in [0.4, 0.5) is 11.6 Å². The van der Waals surface area contributed by atoms with Crippen molar-refractivity contribution in [3.05, 3.63) is 100 Å². The topological polar surface area (TPSA) is 105 Å². The summed E-state index contributed by atoms with van der Waals surface area (Å²) in [7, 11) is 0. The zero-order chi connectivity index (χ0) is 35.3. The first-order valence-corrected chi connectivity index (χ1v) is 18.7. The van der Waals surface area contributed by atoms with Crippen molar-refractivity contribution in [2.24, 2.45) is 11.8 Å². The Bertz CT molecular complexity index is 1670. The third-order valence-electron chi connectivity index (χ3n) is 10.1. The Morgan fingerprint density at radius 3 is 2.82 bits per heavy atom. The fraction of sp³-hybridized carbons (Fsp3) is 0.512. The Kier molecular flexibility index (Phi) is 13.8. The molecule has 2 unspecified atom stereocenters. The fourth-order valence-electron chi connectivity index (χ4n) is 6.71. The number of nitrogens with one attached hydrogen (secondary N) is 3. The first-order chi connectivity index (χ1) is 24.3. The van der Waals surface area contributed by atoms with Gasteiger partial charge in [0.15, 0.2) is 11.8 Å². The number of pyridine rings is 1. The maximum atomic E-state index is 13.5. The van der Waals surface area contributed by atoms with Gasteiger partial charge in [0.05, 0.1) is 12.4 Å². The lowest BCUT2D eigenvalue weighted by Crippen LogP contribution is -2.38. The van der Waals surface area contributed by atoms with E-state index in [9.17, 15) is 9.70 Å². The van der Waals surface area contributed by atoms with Crippen molar-refractivity contribution in [3.63, 3.8) is 0 Å². The molecule has 0 spiro atoms. The van der Waals surface area contributed by atoms with E-state index in [1.54, 1.807) is 19.3 Å². The van der Waals surface area contributed by atoms with Crippen LogP contribution in [0, 0.1) is 16.7 Å². The number of aromatic nitrogens is 3. The highest BCUT2D eigenvalue weighted by molar-refractivity contribution is 5.83. The third kappa shape index (κ3) is 10.6. The van der Waals surface area contributed by atoms with E-state index in [-0.39, 0.29) is 5.78 Å². The Labute approximate surface area is 298 Å². The number of nitrogens with zero attached hydrogens (tertiary/aromatic N) is 3. The van der Waals surface area contributed by atoms with Gasteiger partial charge in [-0.15, -0.1) is 0 Å². The summed E-state index contributed by atoms with van der Waals surface area (Å²) in [5, 5.41) is 6.71. The van der Waals surface area contributed by atoms with Crippen LogP contribution in [-0.2, 0) is 22.4 Å². The van der Waals surface area contributed by atoms with Crippen molar-refractivity contribution in [1.82, 2.24) is 14.9 Å². The maximum Gasteiger partial charge on any atom is 0.336 e. The number of carbonyl (C=O) groups is 1. The Morgan fingerprint density at radius 1 is 1.14 bits per heavy atom. The average molecular weight is 682 g/mol. The van der Waals surface area contributed by atoms with Gasteiger partial charge in [-0.25, -0.2) is 4.98 Å². The molecular weight excluding hydrogens is 624 g/mol. The number of hydrogen-bond donors (Lipinski definition) is 3. The van der Waals surface area contributed by atoms with E-state index in [0.29, 0.717) is 42.9 Å². The largest absolute Gasteiger partial charge is 0.492 e. The molecule has 5 rings (SSSR count). The molecule has 268 valence electrons. The molecule has 3 N–H and O–H groups in total. The summed E-state index contributed by atoms with van der Waals surface area (Å²) in [6.45, 7) is 12.0. The molecular formula is C41H57N6O3+. The number of ketones is 1. The van der Waals surface area contributed by atoms with Crippen LogP contribution >= 0.6 is 0 Å². The number of aromatic amines is 1. The lowest BCUT2D eigenvalue weighted by molar-refractivity contribution is -0.482. The lowest BCUT2D eigenvalue weighted by atomic mass is 9.93. The summed E-state index contributed by atoms with van der Waals surface area (Å²) in [4.78, 5) is 36.8. The molecule has 0 fully saturated rings. The fourth-order valence-corrected chi connectivity index (χ4v) is 6.71. The minimum Gasteiger partial charge on any atom is -0.492 e. The second-order valence-corrected chi connectivity index (χ2v) is 14.0. The van der Waals surface area contributed by atoms with Gasteiger partial charge in [-0.05, 0) is 107 Å². The van der Waals surface area contributed by atoms with Crippen molar-refractivity contribution in [1.29, 1.82) is 0 Å². The van der Waals surface area contributed by atoms with Crippen LogP contribution in [0.15, 0.2) is 78.4 Å². The number of allylic oxidation sites excluding steroid dienone is 9. The van der Waals surface area contributed by atoms with Crippen LogP contribution in [-0.4, -0.2) is 59.5 Å². The molecule has 9 heteroatoms. The number of carbonyl (C=O) groups excluding carboxylic acids is 1. The second-order valence-electron chi connectivity index (χ2n) is 14.0. The SMILES string of the molecule is CCC1C=CC(c2c[nH]cc(N[C@@H](CCN(CCCCc3ccc4c(n3)NCCC4)CCOC3=C/C=C\C(C)CC=C3C)C(C)=O)[n+]2=O)=CC1. The van der Waals surface area contributed by atoms with Gasteiger partial charge in [0.2, 0.25) is 5.69 Å². The highest BCUT2D eigenvalue weighted by Gasteiger charge is 2.25. The van der Waals surface area contributed by atoms with Gasteiger partial charge in [0.1, 0.15) is 18.2 Å². The summed E-state index contributed by atoms with van der Waals surface area (Å²) in [6.07, 6.45) is 27.1. The van der Waals surface area contributed by atoms with Crippen molar-refractivity contribution in [2.45, 2.75) is 91.5 Å².